The Labute approximate surface area is 136 Å². The molecule has 6 nitrogen and oxygen atoms in total. The minimum absolute atomic E-state index is 0.184. The number of hydrogen-bond acceptors (Lipinski definition) is 5. The van der Waals surface area contributed by atoms with Crippen molar-refractivity contribution in [3.63, 3.8) is 0 Å². The third-order valence-corrected chi connectivity index (χ3v) is 4.39. The third-order valence-electron chi connectivity index (χ3n) is 4.39. The maximum Gasteiger partial charge on any atom is 0.347 e. The Hall–Kier alpha value is -1.92. The van der Waals surface area contributed by atoms with Crippen LogP contribution in [0.3, 0.4) is 0 Å². The molecule has 1 aromatic rings. The van der Waals surface area contributed by atoms with E-state index in [1.54, 1.807) is 0 Å². The normalized spacial score (nSPS) is 16.6. The molecule has 0 unspecified atom stereocenters. The lowest BCUT2D eigenvalue weighted by Crippen LogP contribution is -2.46. The summed E-state index contributed by atoms with van der Waals surface area (Å²) >= 11 is 0. The molecule has 126 valence electrons. The van der Waals surface area contributed by atoms with Crippen molar-refractivity contribution in [2.45, 2.75) is 50.5 Å². The first kappa shape index (κ1) is 17.4. The SMILES string of the molecule is NCC(=O)N[C@H](Cc1cccc(C2CCCCC2)c1)C(=O)ON. The molecular formula is C17H25N3O3. The Morgan fingerprint density at radius 3 is 2.65 bits per heavy atom. The van der Waals surface area contributed by atoms with Crippen molar-refractivity contribution < 1.29 is 14.4 Å². The van der Waals surface area contributed by atoms with E-state index in [1.807, 2.05) is 12.1 Å². The first-order valence-corrected chi connectivity index (χ1v) is 8.13. The Kier molecular flexibility index (Phi) is 6.55. The summed E-state index contributed by atoms with van der Waals surface area (Å²) in [5.41, 5.74) is 7.55. The number of hydrogen-bond donors (Lipinski definition) is 3. The molecule has 0 spiro atoms. The van der Waals surface area contributed by atoms with Crippen LogP contribution in [-0.4, -0.2) is 24.5 Å². The van der Waals surface area contributed by atoms with Gasteiger partial charge in [0.2, 0.25) is 5.91 Å². The molecule has 0 radical (unpaired) electrons. The van der Waals surface area contributed by atoms with Crippen LogP contribution < -0.4 is 16.9 Å². The Bertz CT molecular complexity index is 542. The molecule has 23 heavy (non-hydrogen) atoms. The summed E-state index contributed by atoms with van der Waals surface area (Å²) in [6.45, 7) is -0.184. The first-order valence-electron chi connectivity index (χ1n) is 8.13. The van der Waals surface area contributed by atoms with Gasteiger partial charge in [0.25, 0.3) is 0 Å². The number of benzene rings is 1. The monoisotopic (exact) mass is 319 g/mol. The summed E-state index contributed by atoms with van der Waals surface area (Å²) in [5.74, 6) is 4.46. The second-order valence-corrected chi connectivity index (χ2v) is 6.05. The molecule has 0 heterocycles. The molecule has 1 aromatic carbocycles. The second-order valence-electron chi connectivity index (χ2n) is 6.05. The quantitative estimate of drug-likeness (QED) is 0.681. The summed E-state index contributed by atoms with van der Waals surface area (Å²) in [6.07, 6.45) is 6.60. The molecule has 0 aromatic heterocycles. The lowest BCUT2D eigenvalue weighted by molar-refractivity contribution is -0.148. The lowest BCUT2D eigenvalue weighted by atomic mass is 9.83. The highest BCUT2D eigenvalue weighted by Gasteiger charge is 2.23. The maximum atomic E-state index is 11.8. The average Bonchev–Trinajstić information content (AvgIpc) is 2.61. The van der Waals surface area contributed by atoms with Crippen LogP contribution in [0.2, 0.25) is 0 Å². The van der Waals surface area contributed by atoms with Crippen LogP contribution >= 0.6 is 0 Å². The van der Waals surface area contributed by atoms with Crippen LogP contribution in [-0.2, 0) is 20.8 Å². The van der Waals surface area contributed by atoms with E-state index >= 15 is 0 Å². The molecular weight excluding hydrogens is 294 g/mol. The smallest absolute Gasteiger partial charge is 0.347 e. The van der Waals surface area contributed by atoms with E-state index < -0.39 is 17.9 Å². The van der Waals surface area contributed by atoms with Gasteiger partial charge < -0.3 is 15.9 Å². The Morgan fingerprint density at radius 1 is 1.26 bits per heavy atom. The van der Waals surface area contributed by atoms with E-state index in [0.29, 0.717) is 12.3 Å². The maximum absolute atomic E-state index is 11.8. The van der Waals surface area contributed by atoms with Gasteiger partial charge in [-0.25, -0.2) is 4.79 Å². The van der Waals surface area contributed by atoms with Crippen LogP contribution in [0.1, 0.15) is 49.1 Å². The van der Waals surface area contributed by atoms with Gasteiger partial charge in [0.15, 0.2) is 0 Å². The molecule has 1 aliphatic carbocycles. The Morgan fingerprint density at radius 2 is 2.00 bits per heavy atom. The van der Waals surface area contributed by atoms with Gasteiger partial charge in [-0.1, -0.05) is 43.5 Å². The minimum atomic E-state index is -0.822. The topological polar surface area (TPSA) is 107 Å². The van der Waals surface area contributed by atoms with E-state index in [2.05, 4.69) is 22.3 Å². The molecule has 0 bridgehead atoms. The van der Waals surface area contributed by atoms with Gasteiger partial charge in [-0.15, -0.1) is 0 Å². The van der Waals surface area contributed by atoms with Gasteiger partial charge in [-0.05, 0) is 29.9 Å². The molecule has 1 fully saturated rings. The average molecular weight is 319 g/mol. The van der Waals surface area contributed by atoms with Crippen molar-refractivity contribution >= 4 is 11.9 Å². The molecule has 1 amide bonds. The lowest BCUT2D eigenvalue weighted by Gasteiger charge is -2.23. The fourth-order valence-electron chi connectivity index (χ4n) is 3.17. The summed E-state index contributed by atoms with van der Waals surface area (Å²) in [4.78, 5) is 27.5. The summed E-state index contributed by atoms with van der Waals surface area (Å²) in [7, 11) is 0. The molecule has 2 rings (SSSR count). The van der Waals surface area contributed by atoms with Crippen LogP contribution in [0.4, 0.5) is 0 Å². The number of nitrogens with one attached hydrogen (secondary N) is 1. The summed E-state index contributed by atoms with van der Waals surface area (Å²) < 4.78 is 0. The largest absolute Gasteiger partial charge is 0.372 e. The van der Waals surface area contributed by atoms with Gasteiger partial charge in [-0.3, -0.25) is 4.79 Å². The number of carbonyl (C=O) groups is 2. The van der Waals surface area contributed by atoms with Gasteiger partial charge in [0.05, 0.1) is 6.54 Å². The van der Waals surface area contributed by atoms with Crippen molar-refractivity contribution in [1.82, 2.24) is 5.32 Å². The van der Waals surface area contributed by atoms with E-state index in [4.69, 9.17) is 11.6 Å². The molecule has 1 aliphatic rings. The summed E-state index contributed by atoms with van der Waals surface area (Å²) in [6, 6.07) is 7.36. The van der Waals surface area contributed by atoms with Gasteiger partial charge in [-0.2, -0.15) is 5.90 Å². The van der Waals surface area contributed by atoms with Crippen molar-refractivity contribution in [3.05, 3.63) is 35.4 Å². The van der Waals surface area contributed by atoms with E-state index in [-0.39, 0.29) is 6.54 Å². The van der Waals surface area contributed by atoms with Gasteiger partial charge >= 0.3 is 5.97 Å². The Balaban J connectivity index is 2.09. The first-order chi connectivity index (χ1) is 11.1. The highest BCUT2D eigenvalue weighted by Crippen LogP contribution is 2.32. The number of amides is 1. The van der Waals surface area contributed by atoms with Gasteiger partial charge in [0, 0.05) is 6.42 Å². The minimum Gasteiger partial charge on any atom is -0.372 e. The molecule has 0 aliphatic heterocycles. The van der Waals surface area contributed by atoms with Crippen molar-refractivity contribution in [3.8, 4) is 0 Å². The van der Waals surface area contributed by atoms with Crippen molar-refractivity contribution in [2.75, 3.05) is 6.54 Å². The molecule has 1 atom stereocenters. The van der Waals surface area contributed by atoms with Crippen LogP contribution in [0.25, 0.3) is 0 Å². The fraction of sp³-hybridized carbons (Fsp3) is 0.529. The molecule has 1 saturated carbocycles. The zero-order valence-electron chi connectivity index (χ0n) is 13.3. The van der Waals surface area contributed by atoms with Crippen LogP contribution in [0.5, 0.6) is 0 Å². The second kappa shape index (κ2) is 8.64. The molecule has 5 N–H and O–H groups in total. The van der Waals surface area contributed by atoms with Crippen LogP contribution in [0.15, 0.2) is 24.3 Å². The van der Waals surface area contributed by atoms with Gasteiger partial charge in [0.1, 0.15) is 6.04 Å². The standard InChI is InChI=1S/C17H25N3O3/c18-11-16(21)20-15(17(22)23-19)10-12-5-4-8-14(9-12)13-6-2-1-3-7-13/h4-5,8-9,13,15H,1-3,6-7,10-11,18-19H2,(H,20,21)/t15-/m1/s1. The van der Waals surface area contributed by atoms with Crippen LogP contribution in [0, 0.1) is 0 Å². The zero-order chi connectivity index (χ0) is 16.7. The van der Waals surface area contributed by atoms with Crippen molar-refractivity contribution in [2.24, 2.45) is 11.6 Å². The zero-order valence-corrected chi connectivity index (χ0v) is 13.3. The third kappa shape index (κ3) is 5.04. The summed E-state index contributed by atoms with van der Waals surface area (Å²) in [5, 5.41) is 2.55. The highest BCUT2D eigenvalue weighted by atomic mass is 16.7. The van der Waals surface area contributed by atoms with E-state index in [9.17, 15) is 9.59 Å². The van der Waals surface area contributed by atoms with Crippen molar-refractivity contribution in [1.29, 1.82) is 0 Å². The molecule has 0 saturated heterocycles. The molecule has 6 heteroatoms. The van der Waals surface area contributed by atoms with E-state index in [1.165, 1.54) is 37.7 Å². The van der Waals surface area contributed by atoms with E-state index in [0.717, 1.165) is 5.56 Å². The fourth-order valence-corrected chi connectivity index (χ4v) is 3.17. The number of carbonyl (C=O) groups excluding carboxylic acids is 2. The number of rotatable bonds is 6. The number of nitrogens with two attached hydrogens (primary N) is 2. The predicted molar refractivity (Wildman–Crippen MR) is 87.2 cm³/mol. The predicted octanol–water partition coefficient (Wildman–Crippen LogP) is 1.14. The highest BCUT2D eigenvalue weighted by molar-refractivity contribution is 5.85.